The molecule has 1 saturated heterocycles. The molecule has 0 bridgehead atoms. The average molecular weight is 681 g/mol. The predicted octanol–water partition coefficient (Wildman–Crippen LogP) is 7.31. The van der Waals surface area contributed by atoms with Crippen LogP contribution < -0.4 is 9.79 Å². The number of rotatable bonds is 17. The summed E-state index contributed by atoms with van der Waals surface area (Å²) in [6.07, 6.45) is 19.7. The summed E-state index contributed by atoms with van der Waals surface area (Å²) in [6, 6.07) is 0. The smallest absolute Gasteiger partial charge is 0.160 e. The topological polar surface area (TPSA) is 120 Å². The molecule has 0 radical (unpaired) electrons. The minimum Gasteiger partial charge on any atom is -0.790 e. The molecule has 0 aromatic carbocycles. The van der Waals surface area contributed by atoms with Crippen LogP contribution in [-0.4, -0.2) is 49.5 Å². The Hall–Kier alpha value is -0.310. The van der Waals surface area contributed by atoms with E-state index < -0.39 is 32.9 Å². The van der Waals surface area contributed by atoms with Gasteiger partial charge < -0.3 is 38.2 Å². The molecule has 5 rings (SSSR count). The molecule has 0 spiro atoms. The fourth-order valence-electron chi connectivity index (χ4n) is 10.9. The molecule has 1 heterocycles. The number of fused-ring (bicyclic) bond motifs is 5. The summed E-state index contributed by atoms with van der Waals surface area (Å²) in [5.74, 6) is 5.24. The fraction of sp³-hybridized carbons (Fsp3) is 0.947. The summed E-state index contributed by atoms with van der Waals surface area (Å²) in [4.78, 5) is 21.3. The molecule has 47 heavy (non-hydrogen) atoms. The van der Waals surface area contributed by atoms with Crippen molar-refractivity contribution >= 4 is 7.82 Å². The van der Waals surface area contributed by atoms with Crippen molar-refractivity contribution in [2.75, 3.05) is 19.8 Å². The van der Waals surface area contributed by atoms with Crippen molar-refractivity contribution in [3.05, 3.63) is 11.6 Å². The molecule has 3 saturated carbocycles. The van der Waals surface area contributed by atoms with Gasteiger partial charge >= 0.3 is 0 Å². The maximum absolute atomic E-state index is 10.7. The molecule has 1 aliphatic heterocycles. The summed E-state index contributed by atoms with van der Waals surface area (Å²) in [6.45, 7) is 13.4. The van der Waals surface area contributed by atoms with Crippen molar-refractivity contribution in [3.63, 3.8) is 0 Å². The number of phosphoric acid groups is 1. The molecular weight excluding hydrogens is 615 g/mol. The second-order valence-corrected chi connectivity index (χ2v) is 18.1. The number of aliphatic hydroxyl groups is 1. The second kappa shape index (κ2) is 16.4. The Morgan fingerprint density at radius 2 is 1.70 bits per heavy atom. The summed E-state index contributed by atoms with van der Waals surface area (Å²) in [7, 11) is -5.09. The van der Waals surface area contributed by atoms with Crippen molar-refractivity contribution in [1.29, 1.82) is 0 Å². The van der Waals surface area contributed by atoms with Gasteiger partial charge in [-0.05, 0) is 111 Å². The predicted molar refractivity (Wildman–Crippen MR) is 180 cm³/mol. The molecule has 1 N–H and O–H groups in total. The number of phosphoric ester groups is 1. The van der Waals surface area contributed by atoms with Gasteiger partial charge in [-0.25, -0.2) is 0 Å². The van der Waals surface area contributed by atoms with Gasteiger partial charge in [-0.1, -0.05) is 78.4 Å². The lowest BCUT2D eigenvalue weighted by molar-refractivity contribution is -0.343. The quantitative estimate of drug-likeness (QED) is 0.0965. The van der Waals surface area contributed by atoms with Crippen LogP contribution in [0.15, 0.2) is 11.6 Å². The fourth-order valence-corrected chi connectivity index (χ4v) is 11.3. The Morgan fingerprint density at radius 1 is 0.957 bits per heavy atom. The van der Waals surface area contributed by atoms with Crippen LogP contribution >= 0.6 is 7.82 Å². The molecule has 5 aliphatic rings. The van der Waals surface area contributed by atoms with E-state index in [9.17, 15) is 19.5 Å². The van der Waals surface area contributed by atoms with Crippen LogP contribution in [0.4, 0.5) is 0 Å². The SMILES string of the molecule is CC(C)CCCC(C)C1CCC2C3CC=C4C[C@@H](OCCCCCCO[C@@H]5C[C@H](O)[C@@H](COP(=O)([O-])[O-])O5)CC[C@]4(C)C3CC[C@]12C. The monoisotopic (exact) mass is 680 g/mol. The highest BCUT2D eigenvalue weighted by Crippen LogP contribution is 2.67. The molecule has 4 fully saturated rings. The van der Waals surface area contributed by atoms with Gasteiger partial charge in [0.25, 0.3) is 0 Å². The number of hydrogen-bond acceptors (Lipinski definition) is 8. The van der Waals surface area contributed by atoms with E-state index in [1.165, 1.54) is 64.2 Å². The maximum atomic E-state index is 10.7. The zero-order valence-electron chi connectivity index (χ0n) is 30.0. The highest BCUT2D eigenvalue weighted by molar-refractivity contribution is 7.43. The largest absolute Gasteiger partial charge is 0.790 e. The molecule has 5 unspecified atom stereocenters. The molecule has 0 aromatic heterocycles. The lowest BCUT2D eigenvalue weighted by atomic mass is 9.47. The van der Waals surface area contributed by atoms with Crippen molar-refractivity contribution in [2.24, 2.45) is 46.3 Å². The van der Waals surface area contributed by atoms with E-state index in [0.29, 0.717) is 23.5 Å². The Labute approximate surface area is 285 Å². The normalized spacial score (nSPS) is 39.4. The van der Waals surface area contributed by atoms with E-state index in [1.54, 1.807) is 5.57 Å². The van der Waals surface area contributed by atoms with E-state index in [1.807, 2.05) is 0 Å². The van der Waals surface area contributed by atoms with Crippen LogP contribution in [0.5, 0.6) is 0 Å². The highest BCUT2D eigenvalue weighted by atomic mass is 31.2. The molecule has 0 amide bonds. The molecule has 9 heteroatoms. The third kappa shape index (κ3) is 9.33. The van der Waals surface area contributed by atoms with Crippen LogP contribution in [0.3, 0.4) is 0 Å². The third-order valence-electron chi connectivity index (χ3n) is 13.5. The van der Waals surface area contributed by atoms with Crippen LogP contribution in [0, 0.1) is 46.3 Å². The lowest BCUT2D eigenvalue weighted by Crippen LogP contribution is -2.51. The van der Waals surface area contributed by atoms with E-state index in [-0.39, 0.29) is 6.42 Å². The zero-order valence-corrected chi connectivity index (χ0v) is 30.9. The van der Waals surface area contributed by atoms with E-state index in [0.717, 1.165) is 74.2 Å². The van der Waals surface area contributed by atoms with Gasteiger partial charge in [0, 0.05) is 19.6 Å². The van der Waals surface area contributed by atoms with Crippen molar-refractivity contribution in [2.45, 2.75) is 162 Å². The molecule has 272 valence electrons. The van der Waals surface area contributed by atoms with Crippen molar-refractivity contribution in [1.82, 2.24) is 0 Å². The van der Waals surface area contributed by atoms with Gasteiger partial charge in [0.2, 0.25) is 0 Å². The van der Waals surface area contributed by atoms with E-state index in [2.05, 4.69) is 45.2 Å². The van der Waals surface area contributed by atoms with Crippen molar-refractivity contribution in [3.8, 4) is 0 Å². The number of aliphatic hydroxyl groups excluding tert-OH is 1. The number of hydrogen-bond donors (Lipinski definition) is 1. The second-order valence-electron chi connectivity index (χ2n) is 17.0. The first kappa shape index (κ1) is 37.9. The Bertz CT molecular complexity index is 1080. The van der Waals surface area contributed by atoms with Gasteiger partial charge in [-0.15, -0.1) is 0 Å². The van der Waals surface area contributed by atoms with Gasteiger partial charge in [-0.2, -0.15) is 0 Å². The maximum Gasteiger partial charge on any atom is 0.160 e. The van der Waals surface area contributed by atoms with Gasteiger partial charge in [-0.3, -0.25) is 0 Å². The number of unbranched alkanes of at least 4 members (excludes halogenated alkanes) is 3. The molecular formula is C38H65O8P-2. The van der Waals surface area contributed by atoms with Crippen LogP contribution in [-0.2, 0) is 23.3 Å². The zero-order chi connectivity index (χ0) is 33.8. The van der Waals surface area contributed by atoms with Gasteiger partial charge in [0.1, 0.15) is 6.10 Å². The summed E-state index contributed by atoms with van der Waals surface area (Å²) in [5, 5.41) is 10.00. The van der Waals surface area contributed by atoms with E-state index >= 15 is 0 Å². The standard InChI is InChI=1S/C38H67O8P/c1-26(2)11-10-12-27(3)31-15-16-32-30-14-13-28-23-29(17-19-37(28,4)33(30)18-20-38(31,32)5)43-21-8-6-7-9-22-44-36-24-34(39)35(46-36)25-45-47(40,41)42/h13,26-27,29-36,39H,6-12,14-25H2,1-5H3,(H2,40,41,42)/p-2/t27?,29-,30?,31?,32?,33?,34-,35+,36-,37-,38+/m0/s1. The molecule has 11 atom stereocenters. The average Bonchev–Trinajstić information content (AvgIpc) is 3.55. The van der Waals surface area contributed by atoms with E-state index in [4.69, 9.17) is 14.2 Å². The van der Waals surface area contributed by atoms with Crippen molar-refractivity contribution < 1.29 is 38.2 Å². The van der Waals surface area contributed by atoms with Gasteiger partial charge in [0.05, 0.1) is 26.6 Å². The first-order chi connectivity index (χ1) is 22.3. The minimum atomic E-state index is -5.09. The van der Waals surface area contributed by atoms with Crippen LogP contribution in [0.1, 0.15) is 137 Å². The number of ether oxygens (including phenoxy) is 3. The number of allylic oxidation sites excluding steroid dienone is 1. The Balaban J connectivity index is 0.986. The Morgan fingerprint density at radius 3 is 2.43 bits per heavy atom. The van der Waals surface area contributed by atoms with Gasteiger partial charge in [0.15, 0.2) is 6.29 Å². The van der Waals surface area contributed by atoms with Crippen LogP contribution in [0.2, 0.25) is 0 Å². The highest BCUT2D eigenvalue weighted by Gasteiger charge is 2.59. The molecule has 8 nitrogen and oxygen atoms in total. The molecule has 0 aromatic rings. The third-order valence-corrected chi connectivity index (χ3v) is 14.0. The summed E-state index contributed by atoms with van der Waals surface area (Å²) in [5.41, 5.74) is 2.62. The summed E-state index contributed by atoms with van der Waals surface area (Å²) < 4.78 is 32.5. The Kier molecular flexibility index (Phi) is 13.2. The molecule has 4 aliphatic carbocycles. The first-order valence-electron chi connectivity index (χ1n) is 19.2. The first-order valence-corrected chi connectivity index (χ1v) is 20.7. The lowest BCUT2D eigenvalue weighted by Gasteiger charge is -2.58. The summed E-state index contributed by atoms with van der Waals surface area (Å²) >= 11 is 0. The van der Waals surface area contributed by atoms with Crippen LogP contribution in [0.25, 0.3) is 0 Å². The minimum absolute atomic E-state index is 0.237.